The zero-order chi connectivity index (χ0) is 12.7. The quantitative estimate of drug-likeness (QED) is 0.666. The fourth-order valence-corrected chi connectivity index (χ4v) is 1.95. The lowest BCUT2D eigenvalue weighted by Crippen LogP contribution is -2.01. The Kier molecular flexibility index (Phi) is 2.23. The summed E-state index contributed by atoms with van der Waals surface area (Å²) in [5, 5.41) is 10.4. The van der Waals surface area contributed by atoms with E-state index in [1.54, 1.807) is 31.4 Å². The third kappa shape index (κ3) is 1.50. The Labute approximate surface area is 102 Å². The normalized spacial score (nSPS) is 10.9. The average Bonchev–Trinajstić information content (AvgIpc) is 2.38. The third-order valence-electron chi connectivity index (χ3n) is 2.86. The average molecular weight is 242 g/mol. The molecular weight excluding hydrogens is 232 g/mol. The van der Waals surface area contributed by atoms with Crippen LogP contribution in [0.1, 0.15) is 0 Å². The van der Waals surface area contributed by atoms with Crippen LogP contribution >= 0.6 is 0 Å². The Bertz CT molecular complexity index is 802. The number of aromatic hydroxyl groups is 1. The number of methoxy groups -OCH3 is 1. The molecule has 4 nitrogen and oxygen atoms in total. The van der Waals surface area contributed by atoms with E-state index in [-0.39, 0.29) is 11.2 Å². The highest BCUT2D eigenvalue weighted by molar-refractivity contribution is 5.90. The third-order valence-corrected chi connectivity index (χ3v) is 2.86. The van der Waals surface area contributed by atoms with E-state index in [1.807, 2.05) is 0 Å². The number of fused-ring (bicyclic) bond motifs is 2. The van der Waals surface area contributed by atoms with Gasteiger partial charge in [0, 0.05) is 12.1 Å². The monoisotopic (exact) mass is 242 g/mol. The SMILES string of the molecule is COc1ccc2c(=O)c3ccc(O)cc3oc2c1. The molecule has 18 heavy (non-hydrogen) atoms. The highest BCUT2D eigenvalue weighted by atomic mass is 16.5. The topological polar surface area (TPSA) is 59.7 Å². The molecule has 0 radical (unpaired) electrons. The van der Waals surface area contributed by atoms with Gasteiger partial charge in [0.15, 0.2) is 0 Å². The summed E-state index contributed by atoms with van der Waals surface area (Å²) in [6.45, 7) is 0. The second-order valence-corrected chi connectivity index (χ2v) is 3.97. The summed E-state index contributed by atoms with van der Waals surface area (Å²) < 4.78 is 10.7. The fraction of sp³-hybridized carbons (Fsp3) is 0.0714. The lowest BCUT2D eigenvalue weighted by molar-refractivity contribution is 0.414. The molecule has 0 aliphatic carbocycles. The number of rotatable bonds is 1. The van der Waals surface area contributed by atoms with Crippen LogP contribution in [0.3, 0.4) is 0 Å². The second kappa shape index (κ2) is 3.77. The van der Waals surface area contributed by atoms with E-state index >= 15 is 0 Å². The van der Waals surface area contributed by atoms with Crippen LogP contribution in [-0.4, -0.2) is 12.2 Å². The number of ether oxygens (including phenoxy) is 1. The van der Waals surface area contributed by atoms with Crippen LogP contribution in [0.25, 0.3) is 21.9 Å². The van der Waals surface area contributed by atoms with Gasteiger partial charge in [-0.2, -0.15) is 0 Å². The van der Waals surface area contributed by atoms with Crippen LogP contribution in [0.15, 0.2) is 45.6 Å². The molecule has 3 rings (SSSR count). The number of phenolic OH excluding ortho intramolecular Hbond substituents is 1. The molecule has 0 aliphatic heterocycles. The van der Waals surface area contributed by atoms with Gasteiger partial charge >= 0.3 is 0 Å². The zero-order valence-electron chi connectivity index (χ0n) is 9.64. The maximum absolute atomic E-state index is 12.2. The van der Waals surface area contributed by atoms with Gasteiger partial charge in [-0.15, -0.1) is 0 Å². The van der Waals surface area contributed by atoms with Gasteiger partial charge in [0.05, 0.1) is 17.9 Å². The molecule has 1 heterocycles. The van der Waals surface area contributed by atoms with Crippen molar-refractivity contribution in [1.29, 1.82) is 0 Å². The number of hydrogen-bond donors (Lipinski definition) is 1. The molecule has 90 valence electrons. The van der Waals surface area contributed by atoms with Gasteiger partial charge in [0.1, 0.15) is 22.7 Å². The highest BCUT2D eigenvalue weighted by Crippen LogP contribution is 2.24. The Hall–Kier alpha value is -2.49. The van der Waals surface area contributed by atoms with Crippen molar-refractivity contribution >= 4 is 21.9 Å². The van der Waals surface area contributed by atoms with Gasteiger partial charge in [-0.1, -0.05) is 0 Å². The molecule has 0 saturated carbocycles. The molecule has 1 aromatic heterocycles. The van der Waals surface area contributed by atoms with Crippen molar-refractivity contribution in [3.05, 3.63) is 46.6 Å². The van der Waals surface area contributed by atoms with Crippen molar-refractivity contribution < 1.29 is 14.3 Å². The van der Waals surface area contributed by atoms with Crippen molar-refractivity contribution in [2.24, 2.45) is 0 Å². The van der Waals surface area contributed by atoms with Crippen molar-refractivity contribution in [2.75, 3.05) is 7.11 Å². The Balaban J connectivity index is 2.48. The van der Waals surface area contributed by atoms with E-state index < -0.39 is 0 Å². The Morgan fingerprint density at radius 1 is 1.06 bits per heavy atom. The van der Waals surface area contributed by atoms with Crippen molar-refractivity contribution in [3.63, 3.8) is 0 Å². The molecule has 0 amide bonds. The van der Waals surface area contributed by atoms with E-state index in [2.05, 4.69) is 0 Å². The van der Waals surface area contributed by atoms with Gasteiger partial charge in [0.25, 0.3) is 0 Å². The van der Waals surface area contributed by atoms with E-state index in [1.165, 1.54) is 12.1 Å². The molecule has 3 aromatic rings. The summed E-state index contributed by atoms with van der Waals surface area (Å²) >= 11 is 0. The van der Waals surface area contributed by atoms with Crippen LogP contribution in [0.4, 0.5) is 0 Å². The highest BCUT2D eigenvalue weighted by Gasteiger charge is 2.08. The minimum Gasteiger partial charge on any atom is -0.508 e. The Morgan fingerprint density at radius 3 is 2.44 bits per heavy atom. The molecule has 0 fully saturated rings. The summed E-state index contributed by atoms with van der Waals surface area (Å²) in [7, 11) is 1.55. The lowest BCUT2D eigenvalue weighted by atomic mass is 10.1. The molecule has 4 heteroatoms. The summed E-state index contributed by atoms with van der Waals surface area (Å²) in [4.78, 5) is 12.2. The van der Waals surface area contributed by atoms with Crippen molar-refractivity contribution in [2.45, 2.75) is 0 Å². The number of phenols is 1. The van der Waals surface area contributed by atoms with Gasteiger partial charge in [-0.25, -0.2) is 0 Å². The van der Waals surface area contributed by atoms with Gasteiger partial charge in [-0.3, -0.25) is 4.79 Å². The molecule has 0 atom stereocenters. The first-order valence-electron chi connectivity index (χ1n) is 5.42. The molecular formula is C14H10O4. The lowest BCUT2D eigenvalue weighted by Gasteiger charge is -2.04. The fourth-order valence-electron chi connectivity index (χ4n) is 1.95. The van der Waals surface area contributed by atoms with Crippen molar-refractivity contribution in [3.8, 4) is 11.5 Å². The zero-order valence-corrected chi connectivity index (χ0v) is 9.64. The summed E-state index contributed by atoms with van der Waals surface area (Å²) in [6.07, 6.45) is 0. The maximum atomic E-state index is 12.2. The smallest absolute Gasteiger partial charge is 0.200 e. The van der Waals surface area contributed by atoms with Crippen molar-refractivity contribution in [1.82, 2.24) is 0 Å². The maximum Gasteiger partial charge on any atom is 0.200 e. The number of benzene rings is 2. The molecule has 2 aromatic carbocycles. The van der Waals surface area contributed by atoms with Gasteiger partial charge in [0.2, 0.25) is 5.43 Å². The summed E-state index contributed by atoms with van der Waals surface area (Å²) in [6, 6.07) is 9.49. The number of hydrogen-bond acceptors (Lipinski definition) is 4. The minimum atomic E-state index is -0.117. The van der Waals surface area contributed by atoms with Gasteiger partial charge in [-0.05, 0) is 24.3 Å². The second-order valence-electron chi connectivity index (χ2n) is 3.97. The van der Waals surface area contributed by atoms with E-state index in [4.69, 9.17) is 9.15 Å². The van der Waals surface area contributed by atoms with Crippen LogP contribution in [0.2, 0.25) is 0 Å². The van der Waals surface area contributed by atoms with Gasteiger partial charge < -0.3 is 14.3 Å². The Morgan fingerprint density at radius 2 is 1.72 bits per heavy atom. The molecule has 0 unspecified atom stereocenters. The van der Waals surface area contributed by atoms with E-state index in [9.17, 15) is 9.90 Å². The molecule has 0 aliphatic rings. The predicted molar refractivity (Wildman–Crippen MR) is 68.2 cm³/mol. The first kappa shape index (κ1) is 10.7. The van der Waals surface area contributed by atoms with Crippen LogP contribution in [-0.2, 0) is 0 Å². The first-order valence-corrected chi connectivity index (χ1v) is 5.42. The molecule has 0 bridgehead atoms. The predicted octanol–water partition coefficient (Wildman–Crippen LogP) is 2.66. The summed E-state index contributed by atoms with van der Waals surface area (Å²) in [5.74, 6) is 0.679. The minimum absolute atomic E-state index is 0.0629. The molecule has 0 spiro atoms. The first-order chi connectivity index (χ1) is 8.69. The van der Waals surface area contributed by atoms with Crippen LogP contribution < -0.4 is 10.2 Å². The van der Waals surface area contributed by atoms with Crippen LogP contribution in [0, 0.1) is 0 Å². The summed E-state index contributed by atoms with van der Waals surface area (Å²) in [5.41, 5.74) is 0.687. The molecule has 1 N–H and O–H groups in total. The molecule has 0 saturated heterocycles. The standard InChI is InChI=1S/C14H10O4/c1-17-9-3-5-11-13(7-9)18-12-6-8(15)2-4-10(12)14(11)16/h2-7,15H,1H3. The largest absolute Gasteiger partial charge is 0.508 e. The van der Waals surface area contributed by atoms with E-state index in [0.29, 0.717) is 27.7 Å². The van der Waals surface area contributed by atoms with Crippen LogP contribution in [0.5, 0.6) is 11.5 Å². The van der Waals surface area contributed by atoms with E-state index in [0.717, 1.165) is 0 Å².